The van der Waals surface area contributed by atoms with E-state index >= 15 is 0 Å². The molecule has 106 valence electrons. The fourth-order valence-corrected chi connectivity index (χ4v) is 2.17. The third kappa shape index (κ3) is 3.50. The van der Waals surface area contributed by atoms with Crippen molar-refractivity contribution in [1.29, 1.82) is 0 Å². The van der Waals surface area contributed by atoms with Crippen LogP contribution in [0.5, 0.6) is 0 Å². The van der Waals surface area contributed by atoms with Gasteiger partial charge in [-0.25, -0.2) is 4.39 Å². The van der Waals surface area contributed by atoms with E-state index in [-0.39, 0.29) is 11.9 Å². The lowest BCUT2D eigenvalue weighted by Crippen LogP contribution is -2.11. The fraction of sp³-hybridized carbons (Fsp3) is 0.294. The minimum Gasteiger partial charge on any atom is -0.378 e. The van der Waals surface area contributed by atoms with Gasteiger partial charge >= 0.3 is 0 Å². The molecule has 2 aromatic carbocycles. The Morgan fingerprint density at radius 1 is 1.00 bits per heavy atom. The Morgan fingerprint density at radius 2 is 1.60 bits per heavy atom. The van der Waals surface area contributed by atoms with E-state index in [1.807, 2.05) is 26.2 Å². The fourth-order valence-electron chi connectivity index (χ4n) is 2.17. The van der Waals surface area contributed by atoms with Crippen molar-refractivity contribution in [3.63, 3.8) is 0 Å². The summed E-state index contributed by atoms with van der Waals surface area (Å²) in [6, 6.07) is 15.2. The number of anilines is 2. The van der Waals surface area contributed by atoms with Crippen LogP contribution in [0, 0.1) is 5.82 Å². The molecule has 0 aliphatic carbocycles. The van der Waals surface area contributed by atoms with Crippen LogP contribution in [0.25, 0.3) is 0 Å². The van der Waals surface area contributed by atoms with Crippen molar-refractivity contribution in [2.75, 3.05) is 24.3 Å². The van der Waals surface area contributed by atoms with Crippen LogP contribution in [0.3, 0.4) is 0 Å². The Kier molecular flexibility index (Phi) is 4.61. The minimum absolute atomic E-state index is 0.195. The molecule has 2 nitrogen and oxygen atoms in total. The highest BCUT2D eigenvalue weighted by atomic mass is 19.1. The first kappa shape index (κ1) is 14.4. The number of nitrogens with zero attached hydrogens (tertiary/aromatic N) is 1. The molecule has 0 amide bonds. The molecule has 1 unspecified atom stereocenters. The molecule has 2 aromatic rings. The third-order valence-corrected chi connectivity index (χ3v) is 3.41. The molecule has 0 heterocycles. The molecule has 1 atom stereocenters. The molecule has 20 heavy (non-hydrogen) atoms. The highest BCUT2D eigenvalue weighted by Gasteiger charge is 2.09. The van der Waals surface area contributed by atoms with E-state index in [1.165, 1.54) is 17.8 Å². The second-order valence-electron chi connectivity index (χ2n) is 5.10. The van der Waals surface area contributed by atoms with Gasteiger partial charge in [0.05, 0.1) is 6.04 Å². The predicted octanol–water partition coefficient (Wildman–Crippen LogP) is 4.45. The summed E-state index contributed by atoms with van der Waals surface area (Å²) in [4.78, 5) is 2.07. The van der Waals surface area contributed by atoms with Crippen molar-refractivity contribution in [1.82, 2.24) is 0 Å². The lowest BCUT2D eigenvalue weighted by atomic mass is 10.0. The smallest absolute Gasteiger partial charge is 0.123 e. The molecule has 3 heteroatoms. The van der Waals surface area contributed by atoms with Gasteiger partial charge in [0.15, 0.2) is 0 Å². The van der Waals surface area contributed by atoms with Gasteiger partial charge in [-0.2, -0.15) is 0 Å². The van der Waals surface area contributed by atoms with Gasteiger partial charge in [-0.3, -0.25) is 0 Å². The van der Waals surface area contributed by atoms with Gasteiger partial charge < -0.3 is 10.2 Å². The third-order valence-electron chi connectivity index (χ3n) is 3.41. The first-order valence-electron chi connectivity index (χ1n) is 6.89. The minimum atomic E-state index is -0.195. The van der Waals surface area contributed by atoms with Gasteiger partial charge in [0.25, 0.3) is 0 Å². The zero-order valence-electron chi connectivity index (χ0n) is 12.2. The lowest BCUT2D eigenvalue weighted by Gasteiger charge is -2.20. The number of halogens is 1. The van der Waals surface area contributed by atoms with Crippen molar-refractivity contribution in [3.05, 3.63) is 59.9 Å². The maximum Gasteiger partial charge on any atom is 0.123 e. The van der Waals surface area contributed by atoms with Crippen LogP contribution in [0.1, 0.15) is 24.9 Å². The normalized spacial score (nSPS) is 12.0. The Bertz CT molecular complexity index is 532. The van der Waals surface area contributed by atoms with Crippen molar-refractivity contribution >= 4 is 11.4 Å². The topological polar surface area (TPSA) is 15.3 Å². The summed E-state index contributed by atoms with van der Waals surface area (Å²) < 4.78 is 13.0. The maximum atomic E-state index is 13.0. The molecule has 0 aromatic heterocycles. The van der Waals surface area contributed by atoms with Crippen LogP contribution < -0.4 is 10.2 Å². The van der Waals surface area contributed by atoms with E-state index in [1.54, 1.807) is 0 Å². The summed E-state index contributed by atoms with van der Waals surface area (Å²) in [6.07, 6.45) is 0.946. The summed E-state index contributed by atoms with van der Waals surface area (Å²) in [5, 5.41) is 3.49. The number of rotatable bonds is 5. The summed E-state index contributed by atoms with van der Waals surface area (Å²) in [7, 11) is 4.05. The van der Waals surface area contributed by atoms with Gasteiger partial charge in [0, 0.05) is 25.5 Å². The molecule has 0 aliphatic rings. The van der Waals surface area contributed by atoms with Crippen molar-refractivity contribution < 1.29 is 4.39 Å². The van der Waals surface area contributed by atoms with Gasteiger partial charge in [0.1, 0.15) is 5.82 Å². The van der Waals surface area contributed by atoms with Crippen LogP contribution in [0.4, 0.5) is 15.8 Å². The number of hydrogen-bond acceptors (Lipinski definition) is 2. The molecule has 0 aliphatic heterocycles. The largest absolute Gasteiger partial charge is 0.378 e. The van der Waals surface area contributed by atoms with Gasteiger partial charge in [0.2, 0.25) is 0 Å². The number of hydrogen-bond donors (Lipinski definition) is 1. The molecule has 0 saturated carbocycles. The van der Waals surface area contributed by atoms with E-state index in [9.17, 15) is 4.39 Å². The standard InChI is InChI=1S/C17H21FN2/c1-4-17(13-5-7-14(18)8-6-13)19-15-9-11-16(12-10-15)20(2)3/h5-12,17,19H,4H2,1-3H3. The first-order valence-corrected chi connectivity index (χ1v) is 6.89. The monoisotopic (exact) mass is 272 g/mol. The Hall–Kier alpha value is -2.03. The van der Waals surface area contributed by atoms with E-state index < -0.39 is 0 Å². The second-order valence-corrected chi connectivity index (χ2v) is 5.10. The summed E-state index contributed by atoms with van der Waals surface area (Å²) in [6.45, 7) is 2.12. The van der Waals surface area contributed by atoms with E-state index in [0.717, 1.165) is 17.7 Å². The van der Waals surface area contributed by atoms with Crippen LogP contribution in [-0.2, 0) is 0 Å². The highest BCUT2D eigenvalue weighted by molar-refractivity contribution is 5.55. The van der Waals surface area contributed by atoms with Gasteiger partial charge in [-0.1, -0.05) is 19.1 Å². The molecule has 0 bridgehead atoms. The summed E-state index contributed by atoms with van der Waals surface area (Å²) >= 11 is 0. The molecule has 1 N–H and O–H groups in total. The average Bonchev–Trinajstić information content (AvgIpc) is 2.46. The van der Waals surface area contributed by atoms with Gasteiger partial charge in [-0.05, 0) is 48.4 Å². The Balaban J connectivity index is 2.11. The Labute approximate surface area is 120 Å². The predicted molar refractivity (Wildman–Crippen MR) is 83.8 cm³/mol. The van der Waals surface area contributed by atoms with Crippen LogP contribution in [-0.4, -0.2) is 14.1 Å². The van der Waals surface area contributed by atoms with E-state index in [4.69, 9.17) is 0 Å². The van der Waals surface area contributed by atoms with Crippen molar-refractivity contribution in [2.24, 2.45) is 0 Å². The average molecular weight is 272 g/mol. The molecule has 2 rings (SSSR count). The number of nitrogens with one attached hydrogen (secondary N) is 1. The van der Waals surface area contributed by atoms with Crippen molar-refractivity contribution in [2.45, 2.75) is 19.4 Å². The zero-order valence-corrected chi connectivity index (χ0v) is 12.2. The second kappa shape index (κ2) is 6.42. The molecule has 0 spiro atoms. The maximum absolute atomic E-state index is 13.0. The molecular formula is C17H21FN2. The first-order chi connectivity index (χ1) is 9.60. The SMILES string of the molecule is CCC(Nc1ccc(N(C)C)cc1)c1ccc(F)cc1. The summed E-state index contributed by atoms with van der Waals surface area (Å²) in [5.41, 5.74) is 3.35. The summed E-state index contributed by atoms with van der Waals surface area (Å²) in [5.74, 6) is -0.195. The molecular weight excluding hydrogens is 251 g/mol. The van der Waals surface area contributed by atoms with Crippen molar-refractivity contribution in [3.8, 4) is 0 Å². The highest BCUT2D eigenvalue weighted by Crippen LogP contribution is 2.24. The quantitative estimate of drug-likeness (QED) is 0.864. The number of benzene rings is 2. The van der Waals surface area contributed by atoms with Crippen LogP contribution in [0.15, 0.2) is 48.5 Å². The van der Waals surface area contributed by atoms with Gasteiger partial charge in [-0.15, -0.1) is 0 Å². The van der Waals surface area contributed by atoms with Crippen LogP contribution >= 0.6 is 0 Å². The Morgan fingerprint density at radius 3 is 2.10 bits per heavy atom. The van der Waals surface area contributed by atoms with E-state index in [2.05, 4.69) is 41.4 Å². The van der Waals surface area contributed by atoms with E-state index in [0.29, 0.717) is 0 Å². The zero-order chi connectivity index (χ0) is 14.5. The lowest BCUT2D eigenvalue weighted by molar-refractivity contribution is 0.625. The van der Waals surface area contributed by atoms with Crippen LogP contribution in [0.2, 0.25) is 0 Å². The molecule has 0 fully saturated rings. The molecule has 0 saturated heterocycles. The molecule has 0 radical (unpaired) electrons.